The lowest BCUT2D eigenvalue weighted by atomic mass is 9.89. The molecule has 1 aromatic heterocycles. The normalized spacial score (nSPS) is 21.5. The van der Waals surface area contributed by atoms with E-state index >= 15 is 0 Å². The molecule has 3 N–H and O–H groups in total. The van der Waals surface area contributed by atoms with Gasteiger partial charge in [0.05, 0.1) is 16.9 Å². The topological polar surface area (TPSA) is 107 Å². The average Bonchev–Trinajstić information content (AvgIpc) is 2.69. The maximum Gasteiger partial charge on any atom is 0.416 e. The molecule has 11 heteroatoms. The van der Waals surface area contributed by atoms with E-state index < -0.39 is 23.0 Å². The van der Waals surface area contributed by atoms with Gasteiger partial charge >= 0.3 is 6.18 Å². The molecule has 2 aromatic rings. The molecule has 0 spiro atoms. The van der Waals surface area contributed by atoms with Gasteiger partial charge in [0.2, 0.25) is 0 Å². The van der Waals surface area contributed by atoms with E-state index in [2.05, 4.69) is 15.1 Å². The standard InChI is InChI=1S/C12H11F3N4O2S.C7H13N/c1-6-4-10(16)17-18-11(6)8-3-2-7(12(13,14)15)5-9(8)19-22(20)21;1-4-8-5-2-7(1)3-6-8/h2-5,19H,1H3,(H2,16,17)(H,20,21);7H,1-6H2/p-1. The third-order valence-corrected chi connectivity index (χ3v) is 5.75. The van der Waals surface area contributed by atoms with Crippen molar-refractivity contribution in [1.82, 2.24) is 15.1 Å². The zero-order valence-electron chi connectivity index (χ0n) is 16.4. The number of aromatic nitrogens is 2. The Kier molecular flexibility index (Phi) is 6.94. The molecule has 7 nitrogen and oxygen atoms in total. The molecule has 3 aliphatic heterocycles. The average molecular weight is 442 g/mol. The van der Waals surface area contributed by atoms with Gasteiger partial charge in [-0.2, -0.15) is 13.2 Å². The van der Waals surface area contributed by atoms with E-state index in [4.69, 9.17) is 5.73 Å². The Balaban J connectivity index is 0.000000263. The molecule has 3 fully saturated rings. The summed E-state index contributed by atoms with van der Waals surface area (Å²) in [6, 6.07) is 4.15. The van der Waals surface area contributed by atoms with Crippen LogP contribution in [-0.4, -0.2) is 43.5 Å². The van der Waals surface area contributed by atoms with Crippen molar-refractivity contribution in [3.05, 3.63) is 35.4 Å². The Hall–Kier alpha value is -2.24. The summed E-state index contributed by atoms with van der Waals surface area (Å²) in [4.78, 5) is 2.58. The van der Waals surface area contributed by atoms with Crippen LogP contribution in [0.2, 0.25) is 0 Å². The maximum atomic E-state index is 12.7. The number of nitrogens with zero attached hydrogens (tertiary/aromatic N) is 3. The first-order valence-corrected chi connectivity index (χ1v) is 10.6. The van der Waals surface area contributed by atoms with Gasteiger partial charge in [0, 0.05) is 16.8 Å². The van der Waals surface area contributed by atoms with Crippen molar-refractivity contribution in [3.8, 4) is 11.3 Å². The molecule has 0 saturated carbocycles. The SMILES string of the molecule is C1CN2CCC1CC2.Cc1cc(N)nnc1-c1ccc(C(F)(F)F)cc1NS(=O)[O-]. The van der Waals surface area contributed by atoms with Crippen LogP contribution in [0.3, 0.4) is 0 Å². The van der Waals surface area contributed by atoms with Gasteiger partial charge in [0.15, 0.2) is 0 Å². The quantitative estimate of drug-likeness (QED) is 0.706. The number of hydrogen-bond donors (Lipinski definition) is 2. The highest BCUT2D eigenvalue weighted by atomic mass is 32.2. The van der Waals surface area contributed by atoms with Gasteiger partial charge in [-0.05, 0) is 75.5 Å². The van der Waals surface area contributed by atoms with E-state index in [1.807, 2.05) is 4.72 Å². The van der Waals surface area contributed by atoms with Crippen LogP contribution < -0.4 is 10.5 Å². The van der Waals surface area contributed by atoms with Crippen LogP contribution in [0.4, 0.5) is 24.7 Å². The lowest BCUT2D eigenvalue weighted by molar-refractivity contribution is -0.137. The molecule has 2 bridgehead atoms. The van der Waals surface area contributed by atoms with Gasteiger partial charge < -0.3 is 19.9 Å². The number of alkyl halides is 3. The number of halogens is 3. The van der Waals surface area contributed by atoms with Crippen LogP contribution in [0, 0.1) is 12.8 Å². The van der Waals surface area contributed by atoms with Crippen LogP contribution in [0.1, 0.15) is 30.4 Å². The van der Waals surface area contributed by atoms with Crippen molar-refractivity contribution in [1.29, 1.82) is 0 Å². The van der Waals surface area contributed by atoms with Crippen molar-refractivity contribution in [3.63, 3.8) is 0 Å². The fraction of sp³-hybridized carbons (Fsp3) is 0.474. The third kappa shape index (κ3) is 5.67. The summed E-state index contributed by atoms with van der Waals surface area (Å²) in [5.41, 5.74) is 5.19. The summed E-state index contributed by atoms with van der Waals surface area (Å²) in [5, 5.41) is 7.44. The number of rotatable bonds is 3. The Morgan fingerprint density at radius 3 is 2.23 bits per heavy atom. The molecular weight excluding hydrogens is 419 g/mol. The van der Waals surface area contributed by atoms with Crippen LogP contribution in [0.15, 0.2) is 24.3 Å². The second kappa shape index (κ2) is 9.27. The largest absolute Gasteiger partial charge is 0.755 e. The Morgan fingerprint density at radius 2 is 1.80 bits per heavy atom. The molecule has 3 saturated heterocycles. The van der Waals surface area contributed by atoms with Gasteiger partial charge in [0.25, 0.3) is 0 Å². The van der Waals surface area contributed by atoms with Crippen molar-refractivity contribution < 1.29 is 21.9 Å². The molecule has 0 aliphatic carbocycles. The molecule has 3 aliphatic rings. The van der Waals surface area contributed by atoms with Crippen molar-refractivity contribution in [2.24, 2.45) is 5.92 Å². The molecule has 1 unspecified atom stereocenters. The minimum atomic E-state index is -4.60. The molecule has 5 rings (SSSR count). The lowest BCUT2D eigenvalue weighted by Crippen LogP contribution is -2.41. The van der Waals surface area contributed by atoms with Crippen molar-refractivity contribution >= 4 is 22.8 Å². The van der Waals surface area contributed by atoms with E-state index in [0.717, 1.165) is 18.1 Å². The number of piperidine rings is 3. The number of anilines is 2. The highest BCUT2D eigenvalue weighted by Gasteiger charge is 2.31. The maximum absolute atomic E-state index is 12.7. The van der Waals surface area contributed by atoms with Crippen LogP contribution in [-0.2, 0) is 17.4 Å². The van der Waals surface area contributed by atoms with Crippen LogP contribution in [0.5, 0.6) is 0 Å². The third-order valence-electron chi connectivity index (χ3n) is 5.36. The van der Waals surface area contributed by atoms with Crippen molar-refractivity contribution in [2.45, 2.75) is 32.4 Å². The molecule has 1 aromatic carbocycles. The first kappa shape index (κ1) is 22.4. The smallest absolute Gasteiger partial charge is 0.416 e. The summed E-state index contributed by atoms with van der Waals surface area (Å²) >= 11 is -2.79. The van der Waals surface area contributed by atoms with E-state index in [1.165, 1.54) is 45.0 Å². The number of nitrogens with one attached hydrogen (secondary N) is 1. The van der Waals surface area contributed by atoms with Gasteiger partial charge in [-0.3, -0.25) is 4.21 Å². The van der Waals surface area contributed by atoms with E-state index in [-0.39, 0.29) is 22.8 Å². The monoisotopic (exact) mass is 442 g/mol. The summed E-state index contributed by atoms with van der Waals surface area (Å²) in [6.07, 6.45) is -0.138. The molecule has 1 atom stereocenters. The molecule has 4 heterocycles. The summed E-state index contributed by atoms with van der Waals surface area (Å²) in [7, 11) is 0. The highest BCUT2D eigenvalue weighted by molar-refractivity contribution is 7.80. The first-order valence-electron chi connectivity index (χ1n) is 9.53. The van der Waals surface area contributed by atoms with Gasteiger partial charge in [-0.15, -0.1) is 10.2 Å². The Morgan fingerprint density at radius 1 is 1.17 bits per heavy atom. The Labute approximate surface area is 175 Å². The second-order valence-electron chi connectivity index (χ2n) is 7.47. The zero-order valence-corrected chi connectivity index (χ0v) is 17.2. The number of nitrogen functional groups attached to an aromatic ring is 1. The molecular formula is C19H23F3N5O2S-. The van der Waals surface area contributed by atoms with E-state index in [9.17, 15) is 21.9 Å². The van der Waals surface area contributed by atoms with Gasteiger partial charge in [-0.1, -0.05) is 6.07 Å². The Bertz CT molecular complexity index is 895. The molecule has 0 amide bonds. The van der Waals surface area contributed by atoms with Crippen LogP contribution in [0.25, 0.3) is 11.3 Å². The first-order chi connectivity index (χ1) is 14.1. The second-order valence-corrected chi connectivity index (χ2v) is 8.14. The number of benzene rings is 1. The summed E-state index contributed by atoms with van der Waals surface area (Å²) in [6.45, 7) is 5.82. The molecule has 0 radical (unpaired) electrons. The summed E-state index contributed by atoms with van der Waals surface area (Å²) < 4.78 is 61.8. The zero-order chi connectivity index (χ0) is 21.9. The number of aryl methyl sites for hydroxylation is 1. The number of nitrogens with two attached hydrogens (primary N) is 1. The van der Waals surface area contributed by atoms with Gasteiger partial charge in [-0.25, -0.2) is 0 Å². The minimum Gasteiger partial charge on any atom is -0.755 e. The number of hydrogen-bond acceptors (Lipinski definition) is 6. The predicted octanol–water partition coefficient (Wildman–Crippen LogP) is 3.36. The minimum absolute atomic E-state index is 0.148. The predicted molar refractivity (Wildman–Crippen MR) is 108 cm³/mol. The molecule has 30 heavy (non-hydrogen) atoms. The lowest BCUT2D eigenvalue weighted by Gasteiger charge is -2.38. The molecule has 164 valence electrons. The van der Waals surface area contributed by atoms with E-state index in [0.29, 0.717) is 11.6 Å². The fourth-order valence-electron chi connectivity index (χ4n) is 3.74. The summed E-state index contributed by atoms with van der Waals surface area (Å²) in [5.74, 6) is 1.26. The van der Waals surface area contributed by atoms with E-state index in [1.54, 1.807) is 6.92 Å². The fourth-order valence-corrected chi connectivity index (χ4v) is 4.09. The van der Waals surface area contributed by atoms with Crippen molar-refractivity contribution in [2.75, 3.05) is 30.1 Å². The van der Waals surface area contributed by atoms with Crippen LogP contribution >= 0.6 is 0 Å². The van der Waals surface area contributed by atoms with Gasteiger partial charge in [0.1, 0.15) is 5.82 Å². The highest BCUT2D eigenvalue weighted by Crippen LogP contribution is 2.36. The number of fused-ring (bicyclic) bond motifs is 3.